The van der Waals surface area contributed by atoms with Gasteiger partial charge in [0.25, 0.3) is 5.91 Å². The fourth-order valence-electron chi connectivity index (χ4n) is 4.60. The molecule has 3 atom stereocenters. The average molecular weight is 418 g/mol. The van der Waals surface area contributed by atoms with Gasteiger partial charge in [0.2, 0.25) is 6.10 Å². The summed E-state index contributed by atoms with van der Waals surface area (Å²) in [5.74, 6) is 1.50. The van der Waals surface area contributed by atoms with E-state index in [1.54, 1.807) is 7.11 Å². The molecule has 0 radical (unpaired) electrons. The van der Waals surface area contributed by atoms with Crippen LogP contribution >= 0.6 is 11.8 Å². The van der Waals surface area contributed by atoms with Gasteiger partial charge >= 0.3 is 0 Å². The van der Waals surface area contributed by atoms with E-state index in [9.17, 15) is 4.79 Å². The second-order valence-corrected chi connectivity index (χ2v) is 9.22. The molecule has 1 amide bonds. The Morgan fingerprint density at radius 3 is 2.37 bits per heavy atom. The SMILES string of the molecule is COc1ccc([C@]23C[C@H](C)Sc4ccccc4N2C(=O)[C@H]3Oc2ccccc2)cc1. The highest BCUT2D eigenvalue weighted by molar-refractivity contribution is 8.00. The second kappa shape index (κ2) is 7.40. The Hall–Kier alpha value is -2.92. The van der Waals surface area contributed by atoms with Crippen molar-refractivity contribution in [1.82, 2.24) is 0 Å². The van der Waals surface area contributed by atoms with Crippen LogP contribution in [0.1, 0.15) is 18.9 Å². The molecule has 1 saturated heterocycles. The van der Waals surface area contributed by atoms with Crippen LogP contribution in [0, 0.1) is 0 Å². The van der Waals surface area contributed by atoms with Crippen molar-refractivity contribution < 1.29 is 14.3 Å². The molecule has 0 spiro atoms. The predicted octanol–water partition coefficient (Wildman–Crippen LogP) is 5.27. The van der Waals surface area contributed by atoms with E-state index in [1.165, 1.54) is 0 Å². The summed E-state index contributed by atoms with van der Waals surface area (Å²) in [6, 6.07) is 25.8. The summed E-state index contributed by atoms with van der Waals surface area (Å²) in [7, 11) is 1.66. The molecule has 2 aliphatic rings. The van der Waals surface area contributed by atoms with Crippen molar-refractivity contribution in [3.8, 4) is 11.5 Å². The maximum absolute atomic E-state index is 13.5. The van der Waals surface area contributed by atoms with E-state index >= 15 is 0 Å². The molecule has 0 unspecified atom stereocenters. The van der Waals surface area contributed by atoms with Crippen LogP contribution in [0.2, 0.25) is 0 Å². The molecule has 1 fully saturated rings. The number of carbonyl (C=O) groups excluding carboxylic acids is 1. The third-order valence-corrected chi connectivity index (χ3v) is 7.07. The zero-order chi connectivity index (χ0) is 20.7. The lowest BCUT2D eigenvalue weighted by molar-refractivity contribution is -0.142. The van der Waals surface area contributed by atoms with Crippen molar-refractivity contribution in [2.45, 2.75) is 35.1 Å². The Bertz CT molecular complexity index is 1070. The Morgan fingerprint density at radius 2 is 1.63 bits per heavy atom. The Balaban J connectivity index is 1.66. The van der Waals surface area contributed by atoms with Crippen LogP contribution in [0.25, 0.3) is 0 Å². The number of nitrogens with zero attached hydrogens (tertiary/aromatic N) is 1. The van der Waals surface area contributed by atoms with Crippen molar-refractivity contribution in [3.63, 3.8) is 0 Å². The molecule has 4 nitrogen and oxygen atoms in total. The molecule has 3 aromatic rings. The monoisotopic (exact) mass is 417 g/mol. The summed E-state index contributed by atoms with van der Waals surface area (Å²) in [6.45, 7) is 2.22. The second-order valence-electron chi connectivity index (χ2n) is 7.74. The molecule has 2 heterocycles. The highest BCUT2D eigenvalue weighted by atomic mass is 32.2. The van der Waals surface area contributed by atoms with Gasteiger partial charge in [-0.1, -0.05) is 49.4 Å². The largest absolute Gasteiger partial charge is 0.497 e. The molecule has 0 N–H and O–H groups in total. The predicted molar refractivity (Wildman–Crippen MR) is 119 cm³/mol. The number of β-lactam (4-membered cyclic amide) rings is 1. The first kappa shape index (κ1) is 19.1. The number of ether oxygens (including phenoxy) is 2. The van der Waals surface area contributed by atoms with E-state index in [0.717, 1.165) is 28.3 Å². The third kappa shape index (κ3) is 2.88. The summed E-state index contributed by atoms with van der Waals surface area (Å²) < 4.78 is 11.7. The molecule has 5 heteroatoms. The minimum absolute atomic E-state index is 0.00294. The molecule has 152 valence electrons. The van der Waals surface area contributed by atoms with Gasteiger partial charge in [-0.15, -0.1) is 11.8 Å². The molecule has 0 aromatic heterocycles. The number of para-hydroxylation sites is 2. The molecular weight excluding hydrogens is 394 g/mol. The normalized spacial score (nSPS) is 24.9. The molecule has 3 aromatic carbocycles. The summed E-state index contributed by atoms with van der Waals surface area (Å²) in [5.41, 5.74) is 1.45. The van der Waals surface area contributed by atoms with Gasteiger partial charge in [-0.05, 0) is 48.4 Å². The van der Waals surface area contributed by atoms with Gasteiger partial charge in [0.05, 0.1) is 12.8 Å². The van der Waals surface area contributed by atoms with Crippen LogP contribution in [0.5, 0.6) is 11.5 Å². The zero-order valence-corrected chi connectivity index (χ0v) is 17.8. The van der Waals surface area contributed by atoms with Gasteiger partial charge in [0, 0.05) is 10.1 Å². The molecule has 0 bridgehead atoms. The molecule has 0 aliphatic carbocycles. The maximum atomic E-state index is 13.5. The fraction of sp³-hybridized carbons (Fsp3) is 0.240. The van der Waals surface area contributed by atoms with Crippen molar-refractivity contribution in [3.05, 3.63) is 84.4 Å². The Morgan fingerprint density at radius 1 is 0.933 bits per heavy atom. The quantitative estimate of drug-likeness (QED) is 0.542. The number of fused-ring (bicyclic) bond motifs is 3. The molecule has 2 aliphatic heterocycles. The van der Waals surface area contributed by atoms with Crippen molar-refractivity contribution in [2.24, 2.45) is 0 Å². The number of hydrogen-bond donors (Lipinski definition) is 0. The zero-order valence-electron chi connectivity index (χ0n) is 16.9. The number of amides is 1. The van der Waals surface area contributed by atoms with Crippen LogP contribution in [0.4, 0.5) is 5.69 Å². The van der Waals surface area contributed by atoms with Crippen LogP contribution in [-0.2, 0) is 10.3 Å². The van der Waals surface area contributed by atoms with Crippen molar-refractivity contribution >= 4 is 23.4 Å². The average Bonchev–Trinajstić information content (AvgIpc) is 2.90. The van der Waals surface area contributed by atoms with Gasteiger partial charge in [-0.3, -0.25) is 9.69 Å². The Labute approximate surface area is 180 Å². The molecule has 0 saturated carbocycles. The lowest BCUT2D eigenvalue weighted by atomic mass is 9.71. The number of anilines is 1. The topological polar surface area (TPSA) is 38.8 Å². The van der Waals surface area contributed by atoms with E-state index in [1.807, 2.05) is 77.3 Å². The van der Waals surface area contributed by atoms with Crippen LogP contribution in [0.3, 0.4) is 0 Å². The van der Waals surface area contributed by atoms with Crippen LogP contribution in [0.15, 0.2) is 83.8 Å². The van der Waals surface area contributed by atoms with Gasteiger partial charge < -0.3 is 9.47 Å². The summed E-state index contributed by atoms with van der Waals surface area (Å²) in [6.07, 6.45) is 0.213. The minimum atomic E-state index is -0.581. The van der Waals surface area contributed by atoms with Gasteiger partial charge in [-0.2, -0.15) is 0 Å². The van der Waals surface area contributed by atoms with E-state index < -0.39 is 11.6 Å². The van der Waals surface area contributed by atoms with Gasteiger partial charge in [-0.25, -0.2) is 0 Å². The first-order valence-corrected chi connectivity index (χ1v) is 11.0. The van der Waals surface area contributed by atoms with Gasteiger partial charge in [0.1, 0.15) is 17.0 Å². The van der Waals surface area contributed by atoms with Crippen molar-refractivity contribution in [1.29, 1.82) is 0 Å². The smallest absolute Gasteiger partial charge is 0.271 e. The highest BCUT2D eigenvalue weighted by Crippen LogP contribution is 2.55. The molecule has 5 rings (SSSR count). The number of rotatable bonds is 4. The summed E-state index contributed by atoms with van der Waals surface area (Å²) in [4.78, 5) is 16.6. The number of carbonyl (C=O) groups is 1. The highest BCUT2D eigenvalue weighted by Gasteiger charge is 2.65. The fourth-order valence-corrected chi connectivity index (χ4v) is 5.81. The molecule has 30 heavy (non-hydrogen) atoms. The van der Waals surface area contributed by atoms with Crippen LogP contribution in [-0.4, -0.2) is 24.4 Å². The number of benzene rings is 3. The van der Waals surface area contributed by atoms with E-state index in [2.05, 4.69) is 25.1 Å². The standard InChI is InChI=1S/C25H23NO3S/c1-17-16-25(18-12-14-19(28-2)15-13-18)23(29-20-8-4-3-5-9-20)24(27)26(25)21-10-6-7-11-22(21)30-17/h3-15,17,23H,16H2,1-2H3/t17-,23+,25-/m0/s1. The van der Waals surface area contributed by atoms with E-state index in [0.29, 0.717) is 11.0 Å². The first-order valence-electron chi connectivity index (χ1n) is 10.1. The Kier molecular flexibility index (Phi) is 4.70. The molecular formula is C25H23NO3S. The summed E-state index contributed by atoms with van der Waals surface area (Å²) >= 11 is 1.82. The minimum Gasteiger partial charge on any atom is -0.497 e. The number of hydrogen-bond acceptors (Lipinski definition) is 4. The number of methoxy groups -OCH3 is 1. The van der Waals surface area contributed by atoms with Crippen LogP contribution < -0.4 is 14.4 Å². The van der Waals surface area contributed by atoms with E-state index in [-0.39, 0.29) is 5.91 Å². The number of thioether (sulfide) groups is 1. The van der Waals surface area contributed by atoms with Gasteiger partial charge in [0.15, 0.2) is 0 Å². The van der Waals surface area contributed by atoms with E-state index in [4.69, 9.17) is 9.47 Å². The first-order chi connectivity index (χ1) is 14.6. The van der Waals surface area contributed by atoms with Crippen molar-refractivity contribution in [2.75, 3.05) is 12.0 Å². The summed E-state index contributed by atoms with van der Waals surface area (Å²) in [5, 5.41) is 0.313. The maximum Gasteiger partial charge on any atom is 0.271 e. The lowest BCUT2D eigenvalue weighted by Crippen LogP contribution is -2.74. The lowest BCUT2D eigenvalue weighted by Gasteiger charge is -2.56. The third-order valence-electron chi connectivity index (χ3n) is 5.90.